The maximum atomic E-state index is 12.1. The number of hydrogen-bond donors (Lipinski definition) is 2. The van der Waals surface area contributed by atoms with Crippen LogP contribution in [-0.4, -0.2) is 46.0 Å². The van der Waals surface area contributed by atoms with Crippen molar-refractivity contribution in [3.05, 3.63) is 23.8 Å². The lowest BCUT2D eigenvalue weighted by molar-refractivity contribution is 0.0961. The lowest BCUT2D eigenvalue weighted by Gasteiger charge is -2.14. The van der Waals surface area contributed by atoms with Crippen LogP contribution >= 0.6 is 0 Å². The molecule has 0 unspecified atom stereocenters. The van der Waals surface area contributed by atoms with Gasteiger partial charge in [-0.2, -0.15) is 0 Å². The van der Waals surface area contributed by atoms with E-state index in [1.54, 1.807) is 19.1 Å². The molecule has 0 aromatic heterocycles. The molecule has 2 N–H and O–H groups in total. The minimum Gasteiger partial charge on any atom is -0.491 e. The van der Waals surface area contributed by atoms with Crippen LogP contribution < -0.4 is 9.46 Å². The Bertz CT molecular complexity index is 542. The van der Waals surface area contributed by atoms with E-state index >= 15 is 0 Å². The van der Waals surface area contributed by atoms with Crippen molar-refractivity contribution in [2.45, 2.75) is 31.8 Å². The van der Waals surface area contributed by atoms with Crippen molar-refractivity contribution in [2.75, 3.05) is 26.4 Å². The van der Waals surface area contributed by atoms with Crippen molar-refractivity contribution in [1.29, 1.82) is 0 Å². The maximum absolute atomic E-state index is 12.1. The monoisotopic (exact) mass is 317 g/mol. The molecule has 1 rings (SSSR count). The first-order valence-electron chi connectivity index (χ1n) is 6.82. The smallest absolute Gasteiger partial charge is 0.240 e. The van der Waals surface area contributed by atoms with E-state index in [0.29, 0.717) is 5.75 Å². The highest BCUT2D eigenvalue weighted by molar-refractivity contribution is 7.89. The fourth-order valence-corrected chi connectivity index (χ4v) is 2.77. The minimum atomic E-state index is -3.56. The molecule has 1 aromatic rings. The molecular weight excluding hydrogens is 294 g/mol. The molecule has 0 bridgehead atoms. The Morgan fingerprint density at radius 1 is 1.29 bits per heavy atom. The summed E-state index contributed by atoms with van der Waals surface area (Å²) in [5.74, 6) is 0.676. The van der Waals surface area contributed by atoms with Crippen molar-refractivity contribution in [2.24, 2.45) is 0 Å². The van der Waals surface area contributed by atoms with Crippen molar-refractivity contribution < 1.29 is 23.0 Å². The average Bonchev–Trinajstić information content (AvgIpc) is 2.40. The number of aliphatic hydroxyl groups excluding tert-OH is 1. The summed E-state index contributed by atoms with van der Waals surface area (Å²) in [7, 11) is -3.56. The standard InChI is InChI=1S/C14H23NO5S/c1-11(2)20-14-5-4-13(10-12(14)3)21(17,18)15-6-8-19-9-7-16/h4-5,10-11,15-16H,6-9H2,1-3H3. The van der Waals surface area contributed by atoms with E-state index in [1.165, 1.54) is 6.07 Å². The number of aryl methyl sites for hydroxylation is 1. The molecule has 0 atom stereocenters. The molecule has 21 heavy (non-hydrogen) atoms. The van der Waals surface area contributed by atoms with Gasteiger partial charge in [0.15, 0.2) is 0 Å². The first-order chi connectivity index (χ1) is 9.86. The Labute approximate surface area is 126 Å². The van der Waals surface area contributed by atoms with Crippen molar-refractivity contribution >= 4 is 10.0 Å². The minimum absolute atomic E-state index is 0.0351. The molecule has 0 saturated heterocycles. The van der Waals surface area contributed by atoms with E-state index in [9.17, 15) is 8.42 Å². The molecule has 0 radical (unpaired) electrons. The number of ether oxygens (including phenoxy) is 2. The van der Waals surface area contributed by atoms with Crippen LogP contribution in [-0.2, 0) is 14.8 Å². The SMILES string of the molecule is Cc1cc(S(=O)(=O)NCCOCCO)ccc1OC(C)C. The molecule has 0 aliphatic heterocycles. The Morgan fingerprint density at radius 2 is 2.00 bits per heavy atom. The molecule has 0 heterocycles. The van der Waals surface area contributed by atoms with Gasteiger partial charge in [0, 0.05) is 6.54 Å². The van der Waals surface area contributed by atoms with E-state index < -0.39 is 10.0 Å². The third-order valence-corrected chi connectivity index (χ3v) is 4.05. The van der Waals surface area contributed by atoms with Gasteiger partial charge in [0.05, 0.1) is 30.8 Å². The Hall–Kier alpha value is -1.15. The van der Waals surface area contributed by atoms with E-state index in [2.05, 4.69) is 4.72 Å². The second kappa shape index (κ2) is 8.33. The van der Waals surface area contributed by atoms with E-state index in [-0.39, 0.29) is 37.4 Å². The largest absolute Gasteiger partial charge is 0.491 e. The molecule has 0 spiro atoms. The van der Waals surface area contributed by atoms with Crippen LogP contribution in [0.2, 0.25) is 0 Å². The highest BCUT2D eigenvalue weighted by Gasteiger charge is 2.15. The van der Waals surface area contributed by atoms with Gasteiger partial charge >= 0.3 is 0 Å². The average molecular weight is 317 g/mol. The highest BCUT2D eigenvalue weighted by atomic mass is 32.2. The topological polar surface area (TPSA) is 84.9 Å². The van der Waals surface area contributed by atoms with Gasteiger partial charge in [0.25, 0.3) is 0 Å². The summed E-state index contributed by atoms with van der Waals surface area (Å²) in [6, 6.07) is 4.75. The van der Waals surface area contributed by atoms with Crippen molar-refractivity contribution in [3.63, 3.8) is 0 Å². The van der Waals surface area contributed by atoms with E-state index in [1.807, 2.05) is 13.8 Å². The quantitative estimate of drug-likeness (QED) is 0.666. The van der Waals surface area contributed by atoms with Crippen LogP contribution in [0.4, 0.5) is 0 Å². The van der Waals surface area contributed by atoms with Crippen LogP contribution in [0.3, 0.4) is 0 Å². The van der Waals surface area contributed by atoms with Gasteiger partial charge in [-0.25, -0.2) is 13.1 Å². The van der Waals surface area contributed by atoms with Gasteiger partial charge in [0.1, 0.15) is 5.75 Å². The van der Waals surface area contributed by atoms with Crippen LogP contribution in [0, 0.1) is 6.92 Å². The Morgan fingerprint density at radius 3 is 2.57 bits per heavy atom. The molecular formula is C14H23NO5S. The van der Waals surface area contributed by atoms with Gasteiger partial charge in [0.2, 0.25) is 10.0 Å². The lowest BCUT2D eigenvalue weighted by atomic mass is 10.2. The predicted molar refractivity (Wildman–Crippen MR) is 80.0 cm³/mol. The van der Waals surface area contributed by atoms with Gasteiger partial charge in [-0.1, -0.05) is 0 Å². The van der Waals surface area contributed by atoms with Gasteiger partial charge in [-0.3, -0.25) is 0 Å². The molecule has 6 nitrogen and oxygen atoms in total. The summed E-state index contributed by atoms with van der Waals surface area (Å²) in [4.78, 5) is 0.193. The fraction of sp³-hybridized carbons (Fsp3) is 0.571. The predicted octanol–water partition coefficient (Wildman–Crippen LogP) is 1.07. The van der Waals surface area contributed by atoms with Crippen LogP contribution in [0.15, 0.2) is 23.1 Å². The molecule has 120 valence electrons. The second-order valence-electron chi connectivity index (χ2n) is 4.83. The highest BCUT2D eigenvalue weighted by Crippen LogP contribution is 2.22. The third kappa shape index (κ3) is 6.01. The number of sulfonamides is 1. The number of nitrogens with one attached hydrogen (secondary N) is 1. The number of benzene rings is 1. The maximum Gasteiger partial charge on any atom is 0.240 e. The number of hydrogen-bond acceptors (Lipinski definition) is 5. The van der Waals surface area contributed by atoms with Crippen LogP contribution in [0.1, 0.15) is 19.4 Å². The third-order valence-electron chi connectivity index (χ3n) is 2.59. The van der Waals surface area contributed by atoms with Crippen molar-refractivity contribution in [1.82, 2.24) is 4.72 Å². The zero-order valence-electron chi connectivity index (χ0n) is 12.6. The normalized spacial score (nSPS) is 11.9. The van der Waals surface area contributed by atoms with Gasteiger partial charge in [-0.15, -0.1) is 0 Å². The molecule has 7 heteroatoms. The number of rotatable bonds is 9. The zero-order chi connectivity index (χ0) is 15.9. The van der Waals surface area contributed by atoms with E-state index in [4.69, 9.17) is 14.6 Å². The van der Waals surface area contributed by atoms with E-state index in [0.717, 1.165) is 5.56 Å². The first kappa shape index (κ1) is 17.9. The summed E-state index contributed by atoms with van der Waals surface area (Å²) in [6.07, 6.45) is 0.0351. The summed E-state index contributed by atoms with van der Waals surface area (Å²) in [5, 5.41) is 8.55. The Kier molecular flexibility index (Phi) is 7.10. The Balaban J connectivity index is 2.68. The summed E-state index contributed by atoms with van der Waals surface area (Å²) in [5.41, 5.74) is 0.767. The molecule has 0 saturated carbocycles. The summed E-state index contributed by atoms with van der Waals surface area (Å²) < 4.78 is 37.2. The van der Waals surface area contributed by atoms with Crippen molar-refractivity contribution in [3.8, 4) is 5.75 Å². The summed E-state index contributed by atoms with van der Waals surface area (Å²) in [6.45, 7) is 6.13. The number of aliphatic hydroxyl groups is 1. The fourth-order valence-electron chi connectivity index (χ4n) is 1.67. The first-order valence-corrected chi connectivity index (χ1v) is 8.30. The molecule has 0 fully saturated rings. The van der Waals surface area contributed by atoms with Gasteiger partial charge < -0.3 is 14.6 Å². The van der Waals surface area contributed by atoms with Crippen LogP contribution in [0.5, 0.6) is 5.75 Å². The molecule has 0 aliphatic carbocycles. The lowest BCUT2D eigenvalue weighted by Crippen LogP contribution is -2.27. The van der Waals surface area contributed by atoms with Crippen LogP contribution in [0.25, 0.3) is 0 Å². The summed E-state index contributed by atoms with van der Waals surface area (Å²) >= 11 is 0. The molecule has 1 aromatic carbocycles. The second-order valence-corrected chi connectivity index (χ2v) is 6.59. The molecule has 0 amide bonds. The molecule has 0 aliphatic rings. The van der Waals surface area contributed by atoms with Gasteiger partial charge in [-0.05, 0) is 44.5 Å². The zero-order valence-corrected chi connectivity index (χ0v) is 13.4.